The van der Waals surface area contributed by atoms with Crippen molar-refractivity contribution in [2.24, 2.45) is 0 Å². The van der Waals surface area contributed by atoms with Gasteiger partial charge in [0.25, 0.3) is 0 Å². The maximum atomic E-state index is 11.1. The van der Waals surface area contributed by atoms with E-state index in [4.69, 9.17) is 0 Å². The van der Waals surface area contributed by atoms with Crippen molar-refractivity contribution in [2.45, 2.75) is 13.8 Å². The number of hydrogen-bond acceptors (Lipinski definition) is 4. The molecule has 4 nitrogen and oxygen atoms in total. The second kappa shape index (κ2) is 11.8. The van der Waals surface area contributed by atoms with Gasteiger partial charge in [0.15, 0.2) is 6.67 Å². The Morgan fingerprint density at radius 1 is 1.21 bits per heavy atom. The van der Waals surface area contributed by atoms with Gasteiger partial charge in [-0.3, -0.25) is 4.79 Å². The summed E-state index contributed by atoms with van der Waals surface area (Å²) in [5, 5.41) is 0. The van der Waals surface area contributed by atoms with E-state index < -0.39 is 25.3 Å². The number of carbonyl (C=O) groups excluding carboxylic acids is 2. The lowest BCUT2D eigenvalue weighted by Gasteiger charge is -1.92. The van der Waals surface area contributed by atoms with Gasteiger partial charge >= 0.3 is 11.9 Å². The summed E-state index contributed by atoms with van der Waals surface area (Å²) in [6.07, 6.45) is 0. The van der Waals surface area contributed by atoms with Crippen molar-refractivity contribution in [3.8, 4) is 0 Å². The van der Waals surface area contributed by atoms with Crippen molar-refractivity contribution < 1.29 is 27.8 Å². The largest absolute Gasteiger partial charge is 0.464 e. The van der Waals surface area contributed by atoms with Gasteiger partial charge in [-0.25, -0.2) is 13.6 Å². The Hall–Kier alpha value is -1.20. The van der Waals surface area contributed by atoms with Crippen LogP contribution in [0, 0.1) is 0 Å². The van der Waals surface area contributed by atoms with Crippen LogP contribution in [0.1, 0.15) is 13.8 Å². The summed E-state index contributed by atoms with van der Waals surface area (Å²) >= 11 is 0. The minimum Gasteiger partial charge on any atom is -0.464 e. The highest BCUT2D eigenvalue weighted by molar-refractivity contribution is 5.70. The van der Waals surface area contributed by atoms with E-state index in [1.807, 2.05) is 0 Å². The molecule has 0 heterocycles. The van der Waals surface area contributed by atoms with E-state index in [1.165, 1.54) is 6.92 Å². The third kappa shape index (κ3) is 17.0. The minimum absolute atomic E-state index is 0.116. The third-order valence-corrected chi connectivity index (χ3v) is 0.797. The summed E-state index contributed by atoms with van der Waals surface area (Å²) in [6.45, 7) is 1.40. The summed E-state index contributed by atoms with van der Waals surface area (Å²) in [7, 11) is 0. The number of hydrogen-bond donors (Lipinski definition) is 0. The van der Waals surface area contributed by atoms with Gasteiger partial charge in [-0.2, -0.15) is 0 Å². The molecule has 0 fully saturated rings. The smallest absolute Gasteiger partial charge is 0.337 e. The molecule has 14 heavy (non-hydrogen) atoms. The van der Waals surface area contributed by atoms with Gasteiger partial charge in [-0.05, 0) is 6.92 Å². The lowest BCUT2D eigenvalue weighted by molar-refractivity contribution is -0.144. The molecule has 0 spiro atoms. The van der Waals surface area contributed by atoms with Crippen LogP contribution in [0.25, 0.3) is 0 Å². The zero-order valence-electron chi connectivity index (χ0n) is 8.22. The highest BCUT2D eigenvalue weighted by Gasteiger charge is 1.94. The molecule has 0 radical (unpaired) electrons. The van der Waals surface area contributed by atoms with Crippen LogP contribution >= 0.6 is 0 Å². The van der Waals surface area contributed by atoms with Gasteiger partial charge in [0.2, 0.25) is 0 Å². The molecule has 0 rings (SSSR count). The van der Waals surface area contributed by atoms with Crippen LogP contribution in [-0.4, -0.2) is 38.5 Å². The summed E-state index contributed by atoms with van der Waals surface area (Å²) in [5.74, 6) is -1.22. The number of carbonyl (C=O) groups is 2. The first-order valence-corrected chi connectivity index (χ1v) is 3.99. The maximum Gasteiger partial charge on any atom is 0.337 e. The van der Waals surface area contributed by atoms with Crippen LogP contribution in [0.15, 0.2) is 0 Å². The first-order valence-electron chi connectivity index (χ1n) is 3.99. The van der Waals surface area contributed by atoms with Crippen molar-refractivity contribution >= 4 is 11.9 Å². The highest BCUT2D eigenvalue weighted by atomic mass is 19.1. The molecule has 0 unspecified atom stereocenters. The fourth-order valence-electron chi connectivity index (χ4n) is 0.382. The molecule has 0 aromatic heterocycles. The Labute approximate surface area is 81.2 Å². The van der Waals surface area contributed by atoms with E-state index in [9.17, 15) is 18.4 Å². The average molecular weight is 212 g/mol. The number of ether oxygens (including phenoxy) is 2. The Kier molecular flexibility index (Phi) is 12.9. The Bertz CT molecular complexity index is 161. The number of halogens is 2. The van der Waals surface area contributed by atoms with E-state index in [1.54, 1.807) is 6.92 Å². The van der Waals surface area contributed by atoms with Crippen molar-refractivity contribution in [3.05, 3.63) is 0 Å². The molecule has 0 aromatic carbocycles. The topological polar surface area (TPSA) is 52.6 Å². The van der Waals surface area contributed by atoms with Crippen LogP contribution in [0.4, 0.5) is 8.78 Å². The fraction of sp³-hybridized carbons (Fsp3) is 0.750. The summed E-state index contributed by atoms with van der Waals surface area (Å²) < 4.78 is 30.5. The average Bonchev–Trinajstić information content (AvgIpc) is 2.16. The van der Waals surface area contributed by atoms with Crippen LogP contribution in [-0.2, 0) is 19.1 Å². The maximum absolute atomic E-state index is 11.1. The fourth-order valence-corrected chi connectivity index (χ4v) is 0.382. The number of esters is 2. The molecule has 0 amide bonds. The van der Waals surface area contributed by atoms with Crippen LogP contribution in [0.3, 0.4) is 0 Å². The van der Waals surface area contributed by atoms with Crippen molar-refractivity contribution in [3.63, 3.8) is 0 Å². The summed E-state index contributed by atoms with van der Waals surface area (Å²) in [4.78, 5) is 19.6. The van der Waals surface area contributed by atoms with Gasteiger partial charge < -0.3 is 9.47 Å². The lowest BCUT2D eigenvalue weighted by atomic mass is 10.7. The summed E-state index contributed by atoms with van der Waals surface area (Å²) in [6, 6.07) is 0. The molecule has 0 aromatic rings. The molecule has 0 aliphatic rings. The Morgan fingerprint density at radius 3 is 1.93 bits per heavy atom. The van der Waals surface area contributed by atoms with Gasteiger partial charge in [-0.1, -0.05) is 0 Å². The number of rotatable bonds is 4. The molecule has 0 aliphatic carbocycles. The molecule has 0 atom stereocenters. The molecule has 0 N–H and O–H groups in total. The van der Waals surface area contributed by atoms with E-state index >= 15 is 0 Å². The van der Waals surface area contributed by atoms with Crippen LogP contribution in [0.2, 0.25) is 0 Å². The molecular formula is C8H14F2O4. The lowest BCUT2D eigenvalue weighted by Crippen LogP contribution is -2.04. The monoisotopic (exact) mass is 212 g/mol. The first kappa shape index (κ1) is 15.3. The zero-order chi connectivity index (χ0) is 11.4. The molecule has 6 heteroatoms. The molecule has 0 bridgehead atoms. The SMILES string of the molecule is CC(=O)OCCF.CCOC(=O)CF. The van der Waals surface area contributed by atoms with Gasteiger partial charge in [0, 0.05) is 6.92 Å². The summed E-state index contributed by atoms with van der Waals surface area (Å²) in [5.41, 5.74) is 0. The van der Waals surface area contributed by atoms with E-state index in [2.05, 4.69) is 9.47 Å². The zero-order valence-corrected chi connectivity index (χ0v) is 8.22. The first-order chi connectivity index (χ1) is 6.58. The van der Waals surface area contributed by atoms with E-state index in [0.29, 0.717) is 0 Å². The number of alkyl halides is 2. The van der Waals surface area contributed by atoms with Crippen LogP contribution in [0.5, 0.6) is 0 Å². The molecule has 84 valence electrons. The Morgan fingerprint density at radius 2 is 1.79 bits per heavy atom. The molecule has 0 saturated heterocycles. The third-order valence-electron chi connectivity index (χ3n) is 0.797. The quantitative estimate of drug-likeness (QED) is 0.653. The molecule has 0 saturated carbocycles. The second-order valence-corrected chi connectivity index (χ2v) is 1.97. The van der Waals surface area contributed by atoms with Gasteiger partial charge in [0.1, 0.15) is 13.3 Å². The normalized spacial score (nSPS) is 8.29. The van der Waals surface area contributed by atoms with Crippen molar-refractivity contribution in [1.82, 2.24) is 0 Å². The van der Waals surface area contributed by atoms with E-state index in [-0.39, 0.29) is 13.2 Å². The predicted molar refractivity (Wildman–Crippen MR) is 45.2 cm³/mol. The van der Waals surface area contributed by atoms with Crippen molar-refractivity contribution in [2.75, 3.05) is 26.6 Å². The van der Waals surface area contributed by atoms with Gasteiger partial charge in [0.05, 0.1) is 6.61 Å². The standard InChI is InChI=1S/2C4H7FO2/c1-4(6)7-3-2-5;1-2-7-4(6)3-5/h2*2-3H2,1H3. The Balaban J connectivity index is 0. The van der Waals surface area contributed by atoms with Crippen LogP contribution < -0.4 is 0 Å². The van der Waals surface area contributed by atoms with Gasteiger partial charge in [-0.15, -0.1) is 0 Å². The predicted octanol–water partition coefficient (Wildman–Crippen LogP) is 1.04. The van der Waals surface area contributed by atoms with Crippen molar-refractivity contribution in [1.29, 1.82) is 0 Å². The molecule has 0 aliphatic heterocycles. The second-order valence-electron chi connectivity index (χ2n) is 1.97. The minimum atomic E-state index is -1.02. The molecular weight excluding hydrogens is 198 g/mol. The van der Waals surface area contributed by atoms with E-state index in [0.717, 1.165) is 0 Å². The highest BCUT2D eigenvalue weighted by Crippen LogP contribution is 1.76.